The van der Waals surface area contributed by atoms with Gasteiger partial charge in [0.05, 0.1) is 23.2 Å². The summed E-state index contributed by atoms with van der Waals surface area (Å²) in [5.74, 6) is 0. The van der Waals surface area contributed by atoms with Crippen LogP contribution in [0.15, 0.2) is 53.6 Å². The van der Waals surface area contributed by atoms with Gasteiger partial charge in [0, 0.05) is 20.1 Å². The minimum atomic E-state index is -3.95. The van der Waals surface area contributed by atoms with Gasteiger partial charge in [-0.15, -0.1) is 0 Å². The van der Waals surface area contributed by atoms with E-state index in [1.807, 2.05) is 13.0 Å². The SMILES string of the molecule is Cc1ccc(S(=O)(=O)OC[C@H](O)c2cccc3c2cnn3COCC[Si](C)(C)C)cc1. The lowest BCUT2D eigenvalue weighted by Gasteiger charge is -2.15. The van der Waals surface area contributed by atoms with E-state index >= 15 is 0 Å². The highest BCUT2D eigenvalue weighted by Gasteiger charge is 2.20. The fraction of sp³-hybridized carbons (Fsp3) is 0.409. The second-order valence-corrected chi connectivity index (χ2v) is 16.1. The number of ether oxygens (including phenoxy) is 1. The fourth-order valence-corrected chi connectivity index (χ4v) is 4.74. The van der Waals surface area contributed by atoms with E-state index in [-0.39, 0.29) is 11.5 Å². The summed E-state index contributed by atoms with van der Waals surface area (Å²) in [7, 11) is -5.11. The molecule has 0 saturated carbocycles. The maximum absolute atomic E-state index is 12.4. The Balaban J connectivity index is 1.68. The Labute approximate surface area is 184 Å². The van der Waals surface area contributed by atoms with Crippen molar-refractivity contribution in [1.82, 2.24) is 9.78 Å². The second-order valence-electron chi connectivity index (χ2n) is 8.84. The molecule has 0 radical (unpaired) electrons. The highest BCUT2D eigenvalue weighted by atomic mass is 32.2. The van der Waals surface area contributed by atoms with E-state index in [0.29, 0.717) is 18.9 Å². The van der Waals surface area contributed by atoms with Gasteiger partial charge in [0.25, 0.3) is 10.1 Å². The van der Waals surface area contributed by atoms with Gasteiger partial charge in [0.2, 0.25) is 0 Å². The number of hydrogen-bond acceptors (Lipinski definition) is 6. The smallest absolute Gasteiger partial charge is 0.297 e. The molecule has 31 heavy (non-hydrogen) atoms. The first-order chi connectivity index (χ1) is 14.6. The molecule has 1 heterocycles. The van der Waals surface area contributed by atoms with Gasteiger partial charge in [-0.25, -0.2) is 4.68 Å². The molecule has 0 fully saturated rings. The molecule has 0 saturated heterocycles. The van der Waals surface area contributed by atoms with Gasteiger partial charge in [0.15, 0.2) is 0 Å². The van der Waals surface area contributed by atoms with Gasteiger partial charge >= 0.3 is 0 Å². The van der Waals surface area contributed by atoms with Crippen molar-refractivity contribution < 1.29 is 22.4 Å². The van der Waals surface area contributed by atoms with Crippen LogP contribution in [0.4, 0.5) is 0 Å². The number of nitrogens with zero attached hydrogens (tertiary/aromatic N) is 2. The third-order valence-electron chi connectivity index (χ3n) is 4.98. The van der Waals surface area contributed by atoms with Gasteiger partial charge in [-0.3, -0.25) is 4.18 Å². The molecule has 7 nitrogen and oxygen atoms in total. The molecule has 1 atom stereocenters. The summed E-state index contributed by atoms with van der Waals surface area (Å²) in [4.78, 5) is 0.0618. The average molecular weight is 463 g/mol. The average Bonchev–Trinajstić information content (AvgIpc) is 3.12. The third-order valence-corrected chi connectivity index (χ3v) is 7.98. The molecule has 168 valence electrons. The van der Waals surface area contributed by atoms with Crippen molar-refractivity contribution in [2.75, 3.05) is 13.2 Å². The Morgan fingerprint density at radius 3 is 2.52 bits per heavy atom. The summed E-state index contributed by atoms with van der Waals surface area (Å²) in [5, 5.41) is 15.7. The molecule has 9 heteroatoms. The number of hydrogen-bond donors (Lipinski definition) is 1. The number of benzene rings is 2. The molecule has 0 aliphatic rings. The Bertz CT molecular complexity index is 1120. The van der Waals surface area contributed by atoms with Crippen LogP contribution in [0.25, 0.3) is 10.9 Å². The van der Waals surface area contributed by atoms with Crippen molar-refractivity contribution in [2.24, 2.45) is 0 Å². The first-order valence-electron chi connectivity index (χ1n) is 10.2. The Hall–Kier alpha value is -2.04. The van der Waals surface area contributed by atoms with Crippen LogP contribution < -0.4 is 0 Å². The Morgan fingerprint density at radius 2 is 1.84 bits per heavy atom. The molecule has 0 aliphatic heterocycles. The molecular formula is C22H30N2O5SSi. The zero-order valence-corrected chi connectivity index (χ0v) is 20.2. The zero-order chi connectivity index (χ0) is 22.6. The standard InChI is InChI=1S/C22H30N2O5SSi/c1-17-8-10-18(11-9-17)30(26,27)29-15-22(25)19-6-5-7-21-20(19)14-23-24(21)16-28-12-13-31(2,3)4/h5-11,14,22,25H,12-13,15-16H2,1-4H3/t22-/m0/s1. The quantitative estimate of drug-likeness (QED) is 0.277. The maximum Gasteiger partial charge on any atom is 0.297 e. The summed E-state index contributed by atoms with van der Waals surface area (Å²) in [5.41, 5.74) is 2.32. The van der Waals surface area contributed by atoms with Crippen LogP contribution in [0.1, 0.15) is 17.2 Å². The number of rotatable bonds is 10. The Morgan fingerprint density at radius 1 is 1.13 bits per heavy atom. The van der Waals surface area contributed by atoms with Crippen LogP contribution in [0.2, 0.25) is 25.7 Å². The topological polar surface area (TPSA) is 90.7 Å². The van der Waals surface area contributed by atoms with E-state index in [9.17, 15) is 13.5 Å². The number of aliphatic hydroxyl groups excluding tert-OH is 1. The number of aromatic nitrogens is 2. The largest absolute Gasteiger partial charge is 0.386 e. The lowest BCUT2D eigenvalue weighted by Crippen LogP contribution is -2.22. The molecule has 0 unspecified atom stereocenters. The molecule has 0 bridgehead atoms. The number of aliphatic hydroxyl groups is 1. The zero-order valence-electron chi connectivity index (χ0n) is 18.4. The molecule has 0 spiro atoms. The van der Waals surface area contributed by atoms with Crippen LogP contribution in [0.3, 0.4) is 0 Å². The summed E-state index contributed by atoms with van der Waals surface area (Å²) >= 11 is 0. The molecule has 3 rings (SSSR count). The van der Waals surface area contributed by atoms with Crippen LogP contribution in [-0.2, 0) is 25.8 Å². The first-order valence-corrected chi connectivity index (χ1v) is 15.3. The van der Waals surface area contributed by atoms with Crippen molar-refractivity contribution in [3.8, 4) is 0 Å². The van der Waals surface area contributed by atoms with Gasteiger partial charge in [-0.2, -0.15) is 13.5 Å². The summed E-state index contributed by atoms with van der Waals surface area (Å²) in [6.07, 6.45) is 0.541. The highest BCUT2D eigenvalue weighted by Crippen LogP contribution is 2.26. The van der Waals surface area contributed by atoms with E-state index in [1.165, 1.54) is 12.1 Å². The molecule has 1 aromatic heterocycles. The van der Waals surface area contributed by atoms with Crippen molar-refractivity contribution in [1.29, 1.82) is 0 Å². The normalized spacial score (nSPS) is 13.6. The fourth-order valence-electron chi connectivity index (χ4n) is 3.07. The molecular weight excluding hydrogens is 432 g/mol. The van der Waals surface area contributed by atoms with E-state index in [2.05, 4.69) is 24.7 Å². The van der Waals surface area contributed by atoms with Crippen molar-refractivity contribution >= 4 is 29.1 Å². The number of aryl methyl sites for hydroxylation is 1. The Kier molecular flexibility index (Phi) is 7.33. The van der Waals surface area contributed by atoms with Crippen molar-refractivity contribution in [2.45, 2.75) is 50.3 Å². The molecule has 0 aliphatic carbocycles. The van der Waals surface area contributed by atoms with Crippen LogP contribution in [0, 0.1) is 6.92 Å². The minimum absolute atomic E-state index is 0.0618. The molecule has 3 aromatic rings. The minimum Gasteiger partial charge on any atom is -0.386 e. The van der Waals surface area contributed by atoms with E-state index in [1.54, 1.807) is 35.1 Å². The molecule has 1 N–H and O–H groups in total. The van der Waals surface area contributed by atoms with Gasteiger partial charge in [-0.05, 0) is 36.7 Å². The van der Waals surface area contributed by atoms with E-state index < -0.39 is 24.3 Å². The van der Waals surface area contributed by atoms with Crippen LogP contribution >= 0.6 is 0 Å². The van der Waals surface area contributed by atoms with Gasteiger partial charge in [0.1, 0.15) is 12.8 Å². The predicted octanol–water partition coefficient (Wildman–Crippen LogP) is 4.10. The van der Waals surface area contributed by atoms with E-state index in [4.69, 9.17) is 8.92 Å². The van der Waals surface area contributed by atoms with Crippen molar-refractivity contribution in [3.05, 3.63) is 59.8 Å². The lowest BCUT2D eigenvalue weighted by molar-refractivity contribution is 0.0817. The summed E-state index contributed by atoms with van der Waals surface area (Å²) in [6, 6.07) is 12.9. The van der Waals surface area contributed by atoms with Gasteiger partial charge in [-0.1, -0.05) is 49.5 Å². The second kappa shape index (κ2) is 9.62. The molecule has 2 aromatic carbocycles. The lowest BCUT2D eigenvalue weighted by atomic mass is 10.1. The maximum atomic E-state index is 12.4. The first kappa shape index (κ1) is 23.6. The molecule has 0 amide bonds. The summed E-state index contributed by atoms with van der Waals surface area (Å²) < 4.78 is 37.4. The summed E-state index contributed by atoms with van der Waals surface area (Å²) in [6.45, 7) is 9.40. The van der Waals surface area contributed by atoms with Gasteiger partial charge < -0.3 is 9.84 Å². The van der Waals surface area contributed by atoms with Crippen molar-refractivity contribution in [3.63, 3.8) is 0 Å². The predicted molar refractivity (Wildman–Crippen MR) is 123 cm³/mol. The monoisotopic (exact) mass is 462 g/mol. The van der Waals surface area contributed by atoms with Crippen LogP contribution in [0.5, 0.6) is 0 Å². The third kappa shape index (κ3) is 6.24. The van der Waals surface area contributed by atoms with E-state index in [0.717, 1.165) is 22.5 Å². The van der Waals surface area contributed by atoms with Crippen LogP contribution in [-0.4, -0.2) is 44.6 Å². The number of fused-ring (bicyclic) bond motifs is 1. The highest BCUT2D eigenvalue weighted by molar-refractivity contribution is 7.86.